The Morgan fingerprint density at radius 2 is 1.85 bits per heavy atom. The predicted molar refractivity (Wildman–Crippen MR) is 206 cm³/mol. The number of amides is 2. The van der Waals surface area contributed by atoms with Gasteiger partial charge in [0.1, 0.15) is 11.5 Å². The summed E-state index contributed by atoms with van der Waals surface area (Å²) >= 11 is 0. The summed E-state index contributed by atoms with van der Waals surface area (Å²) < 4.78 is 11.3. The van der Waals surface area contributed by atoms with E-state index in [0.29, 0.717) is 67.7 Å². The molecule has 3 aromatic rings. The molecule has 1 atom stereocenters. The van der Waals surface area contributed by atoms with Crippen LogP contribution in [0.15, 0.2) is 65.7 Å². The molecule has 0 saturated carbocycles. The number of methoxy groups -OCH3 is 1. The summed E-state index contributed by atoms with van der Waals surface area (Å²) in [6.45, 7) is 8.69. The fraction of sp³-hybridized carbons (Fsp3) is 0.385. The number of hydrogen-bond donors (Lipinski definition) is 4. The largest absolute Gasteiger partial charge is 0.493 e. The van der Waals surface area contributed by atoms with Crippen LogP contribution in [0.5, 0.6) is 11.5 Å². The summed E-state index contributed by atoms with van der Waals surface area (Å²) in [5.74, 6) is 1.39. The first-order chi connectivity index (χ1) is 25.0. The number of benzene rings is 2. The Bertz CT molecular complexity index is 1850. The van der Waals surface area contributed by atoms with Crippen LogP contribution in [0, 0.1) is 16.7 Å². The number of aromatic nitrogens is 1. The van der Waals surface area contributed by atoms with Crippen LogP contribution in [0.1, 0.15) is 56.0 Å². The average Bonchev–Trinajstić information content (AvgIpc) is 3.63. The molecule has 2 aliphatic rings. The van der Waals surface area contributed by atoms with E-state index in [1.807, 2.05) is 49.9 Å². The molecule has 2 aromatic carbocycles. The molecular weight excluding hydrogens is 658 g/mol. The third-order valence-corrected chi connectivity index (χ3v) is 9.22. The van der Waals surface area contributed by atoms with Gasteiger partial charge in [0.05, 0.1) is 43.4 Å². The van der Waals surface area contributed by atoms with Gasteiger partial charge in [0.2, 0.25) is 11.8 Å². The second-order valence-corrected chi connectivity index (χ2v) is 13.1. The summed E-state index contributed by atoms with van der Waals surface area (Å²) in [6.07, 6.45) is 4.92. The van der Waals surface area contributed by atoms with E-state index in [1.54, 1.807) is 49.4 Å². The lowest BCUT2D eigenvalue weighted by atomic mass is 9.98. The maximum absolute atomic E-state index is 13.9. The van der Waals surface area contributed by atoms with E-state index in [1.165, 1.54) is 11.9 Å². The van der Waals surface area contributed by atoms with Crippen LogP contribution in [0.25, 0.3) is 5.57 Å². The minimum absolute atomic E-state index is 0.0390. The van der Waals surface area contributed by atoms with Crippen molar-refractivity contribution in [1.29, 1.82) is 10.8 Å². The van der Waals surface area contributed by atoms with Crippen LogP contribution in [0.4, 0.5) is 11.5 Å². The molecule has 5 rings (SSSR count). The van der Waals surface area contributed by atoms with Crippen molar-refractivity contribution < 1.29 is 19.1 Å². The Balaban J connectivity index is 1.18. The van der Waals surface area contributed by atoms with Crippen molar-refractivity contribution in [3.05, 3.63) is 83.1 Å². The van der Waals surface area contributed by atoms with E-state index in [-0.39, 0.29) is 47.6 Å². The molecule has 5 N–H and O–H groups in total. The third kappa shape index (κ3) is 8.83. The maximum atomic E-state index is 13.9. The van der Waals surface area contributed by atoms with Crippen molar-refractivity contribution in [1.82, 2.24) is 20.1 Å². The molecule has 52 heavy (non-hydrogen) atoms. The van der Waals surface area contributed by atoms with Crippen LogP contribution < -0.4 is 25.4 Å². The zero-order valence-corrected chi connectivity index (χ0v) is 30.6. The number of nitrogens with zero attached hydrogens (tertiary/aromatic N) is 5. The van der Waals surface area contributed by atoms with Crippen LogP contribution in [0.2, 0.25) is 0 Å². The molecule has 0 radical (unpaired) electrons. The number of hydrogen-bond acceptors (Lipinski definition) is 9. The van der Waals surface area contributed by atoms with Gasteiger partial charge in [-0.15, -0.1) is 0 Å². The summed E-state index contributed by atoms with van der Waals surface area (Å²) in [5.41, 5.74) is 10.6. The van der Waals surface area contributed by atoms with Crippen molar-refractivity contribution in [2.24, 2.45) is 10.9 Å². The molecule has 1 fully saturated rings. The van der Waals surface area contributed by atoms with Gasteiger partial charge in [0.25, 0.3) is 0 Å². The van der Waals surface area contributed by atoms with Gasteiger partial charge in [0, 0.05) is 44.4 Å². The number of nitrogens with one attached hydrogen (secondary N) is 3. The Morgan fingerprint density at radius 3 is 2.50 bits per heavy atom. The number of nitrogens with two attached hydrogens (primary N) is 1. The minimum Gasteiger partial charge on any atom is -0.493 e. The first-order valence-electron chi connectivity index (χ1n) is 17.6. The summed E-state index contributed by atoms with van der Waals surface area (Å²) in [7, 11) is 3.29. The van der Waals surface area contributed by atoms with Crippen LogP contribution in [-0.2, 0) is 9.59 Å². The number of aliphatic imine (C=N–C) groups is 1. The molecule has 0 spiro atoms. The number of nitrogen functional groups attached to an aromatic ring is 1. The quantitative estimate of drug-likeness (QED) is 0.149. The summed E-state index contributed by atoms with van der Waals surface area (Å²) in [4.78, 5) is 41.5. The highest BCUT2D eigenvalue weighted by molar-refractivity contribution is 6.13. The molecule has 0 unspecified atom stereocenters. The Labute approximate surface area is 305 Å². The Morgan fingerprint density at radius 1 is 1.10 bits per heavy atom. The monoisotopic (exact) mass is 707 g/mol. The van der Waals surface area contributed by atoms with Crippen molar-refractivity contribution in [3.8, 4) is 11.5 Å². The van der Waals surface area contributed by atoms with Crippen LogP contribution in [0.3, 0.4) is 0 Å². The van der Waals surface area contributed by atoms with Crippen molar-refractivity contribution in [2.75, 3.05) is 64.1 Å². The van der Waals surface area contributed by atoms with E-state index in [2.05, 4.69) is 21.3 Å². The van der Waals surface area contributed by atoms with E-state index >= 15 is 0 Å². The van der Waals surface area contributed by atoms with E-state index in [0.717, 1.165) is 17.5 Å². The Kier molecular flexibility index (Phi) is 12.4. The lowest BCUT2D eigenvalue weighted by Crippen LogP contribution is -2.42. The first-order valence-corrected chi connectivity index (χ1v) is 17.6. The van der Waals surface area contributed by atoms with Gasteiger partial charge in [-0.1, -0.05) is 30.3 Å². The number of rotatable bonds is 13. The Hall–Kier alpha value is -5.56. The molecule has 1 aromatic heterocycles. The van der Waals surface area contributed by atoms with Gasteiger partial charge in [-0.3, -0.25) is 30.2 Å². The molecule has 2 aliphatic heterocycles. The number of likely N-dealkylation sites (tertiary alicyclic amines) is 1. The highest BCUT2D eigenvalue weighted by Gasteiger charge is 2.34. The number of carbonyl (C=O) groups excluding carboxylic acids is 2. The van der Waals surface area contributed by atoms with Gasteiger partial charge in [-0.05, 0) is 81.6 Å². The zero-order chi connectivity index (χ0) is 37.4. The fourth-order valence-corrected chi connectivity index (χ4v) is 6.45. The third-order valence-electron chi connectivity index (χ3n) is 9.22. The van der Waals surface area contributed by atoms with Gasteiger partial charge in [-0.25, -0.2) is 9.98 Å². The predicted octanol–water partition coefficient (Wildman–Crippen LogP) is 4.44. The SMILES string of the molecule is CCN(C(=O)[C@@H]1CCN(CC(=O)N2CC=C(c3ccc(C(=N)/N=C\NC)cc3)CC2)C1)c1ccc(N)c(C(=N)c2ccc(OC(C)C)c(OC)c2)n1. The molecule has 13 heteroatoms. The highest BCUT2D eigenvalue weighted by atomic mass is 16.5. The maximum Gasteiger partial charge on any atom is 0.237 e. The molecule has 13 nitrogen and oxygen atoms in total. The lowest BCUT2D eigenvalue weighted by Gasteiger charge is -2.29. The average molecular weight is 708 g/mol. The topological polar surface area (TPSA) is 173 Å². The zero-order valence-electron chi connectivity index (χ0n) is 30.6. The second kappa shape index (κ2) is 17.1. The molecule has 2 amide bonds. The fourth-order valence-electron chi connectivity index (χ4n) is 6.45. The molecule has 3 heterocycles. The summed E-state index contributed by atoms with van der Waals surface area (Å²) in [5, 5.41) is 19.8. The summed E-state index contributed by atoms with van der Waals surface area (Å²) in [6, 6.07) is 16.4. The molecular formula is C39H49N9O4. The van der Waals surface area contributed by atoms with Gasteiger partial charge in [0.15, 0.2) is 17.3 Å². The van der Waals surface area contributed by atoms with Crippen LogP contribution in [-0.4, -0.2) is 104 Å². The van der Waals surface area contributed by atoms with Gasteiger partial charge >= 0.3 is 0 Å². The van der Waals surface area contributed by atoms with Crippen molar-refractivity contribution in [2.45, 2.75) is 39.7 Å². The lowest BCUT2D eigenvalue weighted by molar-refractivity contribution is -0.132. The van der Waals surface area contributed by atoms with Gasteiger partial charge < -0.3 is 25.4 Å². The minimum atomic E-state index is -0.283. The number of pyridine rings is 1. The van der Waals surface area contributed by atoms with E-state index in [9.17, 15) is 9.59 Å². The standard InChI is InChI=1S/C39H49N9O4/c1-6-48(34-14-12-31(40)37(45-34)36(41)29-11-13-32(52-25(2)3)33(21-29)51-5)39(50)30-15-18-46(22-30)23-35(49)47-19-16-27(17-20-47)26-7-9-28(10-8-26)38(42)44-24-43-4/h7-14,16,21,24-25,30,41H,6,15,17-20,22-23,40H2,1-5H3,(H2,42,43,44)/t30-/m1/s1. The molecule has 274 valence electrons. The second-order valence-electron chi connectivity index (χ2n) is 13.1. The highest BCUT2D eigenvalue weighted by Crippen LogP contribution is 2.31. The smallest absolute Gasteiger partial charge is 0.237 e. The van der Waals surface area contributed by atoms with Crippen molar-refractivity contribution in [3.63, 3.8) is 0 Å². The normalized spacial score (nSPS) is 16.2. The number of amidine groups is 1. The van der Waals surface area contributed by atoms with E-state index in [4.69, 9.17) is 31.0 Å². The number of anilines is 2. The number of carbonyl (C=O) groups is 2. The number of ether oxygens (including phenoxy) is 2. The molecule has 0 aliphatic carbocycles. The molecule has 0 bridgehead atoms. The molecule has 1 saturated heterocycles. The first kappa shape index (κ1) is 37.7. The van der Waals surface area contributed by atoms with Crippen molar-refractivity contribution >= 4 is 46.8 Å². The van der Waals surface area contributed by atoms with Gasteiger partial charge in [-0.2, -0.15) is 0 Å². The van der Waals surface area contributed by atoms with Crippen LogP contribution >= 0.6 is 0 Å². The van der Waals surface area contributed by atoms with E-state index < -0.39 is 0 Å².